The molecule has 2 N–H and O–H groups in total. The van der Waals surface area contributed by atoms with Crippen molar-refractivity contribution in [2.75, 3.05) is 13.1 Å². The highest BCUT2D eigenvalue weighted by Gasteiger charge is 2.34. The molecule has 5 nitrogen and oxygen atoms in total. The number of rotatable bonds is 2. The predicted octanol–water partition coefficient (Wildman–Crippen LogP) is 0.814. The topological polar surface area (TPSA) is 73.4 Å². The predicted molar refractivity (Wildman–Crippen MR) is 61.9 cm³/mol. The number of H-pyrrole nitrogens is 1. The van der Waals surface area contributed by atoms with E-state index in [1.807, 2.05) is 0 Å². The molecule has 17 heavy (non-hydrogen) atoms. The zero-order chi connectivity index (χ0) is 12.6. The molecule has 0 aliphatic carbocycles. The Kier molecular flexibility index (Phi) is 2.79. The standard InChI is InChI=1S/C12H16N2O3/c1-8(15)9-5-10(13-6-9)11(16)14-4-3-12(2,17)7-14/h5-6,13,17H,3-4,7H2,1-2H3. The molecule has 0 radical (unpaired) electrons. The van der Waals surface area contributed by atoms with E-state index in [-0.39, 0.29) is 11.7 Å². The summed E-state index contributed by atoms with van der Waals surface area (Å²) in [5.41, 5.74) is 0.0956. The van der Waals surface area contributed by atoms with Gasteiger partial charge in [-0.1, -0.05) is 0 Å². The van der Waals surface area contributed by atoms with Crippen LogP contribution in [0.25, 0.3) is 0 Å². The molecule has 5 heteroatoms. The molecule has 1 aliphatic rings. The Balaban J connectivity index is 2.12. The van der Waals surface area contributed by atoms with Crippen LogP contribution >= 0.6 is 0 Å². The van der Waals surface area contributed by atoms with Crippen LogP contribution in [0.5, 0.6) is 0 Å². The van der Waals surface area contributed by atoms with Crippen LogP contribution in [0.3, 0.4) is 0 Å². The molecule has 1 aliphatic heterocycles. The zero-order valence-electron chi connectivity index (χ0n) is 9.99. The second kappa shape index (κ2) is 4.00. The number of ketones is 1. The van der Waals surface area contributed by atoms with Crippen molar-refractivity contribution in [1.29, 1.82) is 0 Å². The van der Waals surface area contributed by atoms with E-state index in [1.165, 1.54) is 13.1 Å². The van der Waals surface area contributed by atoms with E-state index in [4.69, 9.17) is 0 Å². The second-order valence-corrected chi connectivity index (χ2v) is 4.83. The van der Waals surface area contributed by atoms with Crippen LogP contribution in [-0.2, 0) is 0 Å². The van der Waals surface area contributed by atoms with Gasteiger partial charge in [0.1, 0.15) is 5.69 Å². The van der Waals surface area contributed by atoms with Gasteiger partial charge in [-0.05, 0) is 26.3 Å². The normalized spacial score (nSPS) is 24.1. The fourth-order valence-electron chi connectivity index (χ4n) is 2.01. The molecule has 1 aromatic heterocycles. The third-order valence-corrected chi connectivity index (χ3v) is 3.06. The minimum atomic E-state index is -0.800. The van der Waals surface area contributed by atoms with Gasteiger partial charge in [-0.15, -0.1) is 0 Å². The number of nitrogens with one attached hydrogen (secondary N) is 1. The molecule has 2 rings (SSSR count). The van der Waals surface area contributed by atoms with E-state index in [2.05, 4.69) is 4.98 Å². The number of likely N-dealkylation sites (tertiary alicyclic amines) is 1. The summed E-state index contributed by atoms with van der Waals surface area (Å²) in [6.07, 6.45) is 2.11. The maximum Gasteiger partial charge on any atom is 0.270 e. The zero-order valence-corrected chi connectivity index (χ0v) is 9.99. The first-order valence-electron chi connectivity index (χ1n) is 5.60. The molecule has 1 unspecified atom stereocenters. The third kappa shape index (κ3) is 2.39. The lowest BCUT2D eigenvalue weighted by atomic mass is 10.1. The van der Waals surface area contributed by atoms with Crippen LogP contribution in [0, 0.1) is 0 Å². The summed E-state index contributed by atoms with van der Waals surface area (Å²) in [4.78, 5) is 27.6. The maximum absolute atomic E-state index is 12.0. The number of carbonyl (C=O) groups excluding carboxylic acids is 2. The lowest BCUT2D eigenvalue weighted by Gasteiger charge is -2.18. The van der Waals surface area contributed by atoms with Crippen molar-refractivity contribution in [2.45, 2.75) is 25.9 Å². The fourth-order valence-corrected chi connectivity index (χ4v) is 2.01. The number of amides is 1. The van der Waals surface area contributed by atoms with E-state index in [1.54, 1.807) is 17.9 Å². The second-order valence-electron chi connectivity index (χ2n) is 4.83. The molecular formula is C12H16N2O3. The van der Waals surface area contributed by atoms with Gasteiger partial charge >= 0.3 is 0 Å². The molecule has 1 saturated heterocycles. The first kappa shape index (κ1) is 11.9. The molecule has 0 saturated carbocycles. The molecular weight excluding hydrogens is 220 g/mol. The number of Topliss-reactive ketones (excluding diaryl/α,β-unsaturated/α-hetero) is 1. The number of carbonyl (C=O) groups is 2. The number of β-amino-alcohol motifs (C(OH)–C–C–N with tert-alkyl or cyclic N) is 1. The SMILES string of the molecule is CC(=O)c1c[nH]c(C(=O)N2CCC(C)(O)C2)c1. The maximum atomic E-state index is 12.0. The average molecular weight is 236 g/mol. The number of hydrogen-bond acceptors (Lipinski definition) is 3. The van der Waals surface area contributed by atoms with Crippen LogP contribution < -0.4 is 0 Å². The quantitative estimate of drug-likeness (QED) is 0.746. The van der Waals surface area contributed by atoms with Crippen molar-refractivity contribution in [1.82, 2.24) is 9.88 Å². The van der Waals surface area contributed by atoms with E-state index in [0.717, 1.165) is 0 Å². The summed E-state index contributed by atoms with van der Waals surface area (Å²) < 4.78 is 0. The lowest BCUT2D eigenvalue weighted by Crippen LogP contribution is -2.34. The summed E-state index contributed by atoms with van der Waals surface area (Å²) in [5, 5.41) is 9.80. The fraction of sp³-hybridized carbons (Fsp3) is 0.500. The number of hydrogen-bond donors (Lipinski definition) is 2. The number of aromatic amines is 1. The Morgan fingerprint density at radius 1 is 1.53 bits per heavy atom. The minimum Gasteiger partial charge on any atom is -0.388 e. The molecule has 1 aromatic rings. The van der Waals surface area contributed by atoms with Crippen LogP contribution in [-0.4, -0.2) is 45.4 Å². The van der Waals surface area contributed by atoms with Crippen molar-refractivity contribution in [2.24, 2.45) is 0 Å². The summed E-state index contributed by atoms with van der Waals surface area (Å²) in [6.45, 7) is 4.05. The van der Waals surface area contributed by atoms with Crippen LogP contribution in [0.1, 0.15) is 41.1 Å². The molecule has 2 heterocycles. The lowest BCUT2D eigenvalue weighted by molar-refractivity contribution is 0.0569. The average Bonchev–Trinajstić information content (AvgIpc) is 2.83. The summed E-state index contributed by atoms with van der Waals surface area (Å²) in [6, 6.07) is 1.55. The molecule has 0 bridgehead atoms. The molecule has 1 atom stereocenters. The van der Waals surface area contributed by atoms with Gasteiger partial charge < -0.3 is 15.0 Å². The van der Waals surface area contributed by atoms with Gasteiger partial charge in [0.15, 0.2) is 5.78 Å². The Labute approximate surface area is 99.4 Å². The van der Waals surface area contributed by atoms with Gasteiger partial charge in [-0.25, -0.2) is 0 Å². The number of nitrogens with zero attached hydrogens (tertiary/aromatic N) is 1. The van der Waals surface area contributed by atoms with Crippen molar-refractivity contribution < 1.29 is 14.7 Å². The summed E-state index contributed by atoms with van der Waals surface area (Å²) in [7, 11) is 0. The van der Waals surface area contributed by atoms with Gasteiger partial charge in [-0.2, -0.15) is 0 Å². The van der Waals surface area contributed by atoms with Crippen molar-refractivity contribution in [3.63, 3.8) is 0 Å². The highest BCUT2D eigenvalue weighted by molar-refractivity contribution is 5.99. The van der Waals surface area contributed by atoms with Crippen molar-refractivity contribution >= 4 is 11.7 Å². The van der Waals surface area contributed by atoms with E-state index in [9.17, 15) is 14.7 Å². The van der Waals surface area contributed by atoms with Crippen LogP contribution in [0.2, 0.25) is 0 Å². The smallest absolute Gasteiger partial charge is 0.270 e. The van der Waals surface area contributed by atoms with E-state index in [0.29, 0.717) is 30.8 Å². The minimum absolute atomic E-state index is 0.0753. The Bertz CT molecular complexity index is 462. The molecule has 0 aromatic carbocycles. The monoisotopic (exact) mass is 236 g/mol. The van der Waals surface area contributed by atoms with Gasteiger partial charge in [-0.3, -0.25) is 9.59 Å². The van der Waals surface area contributed by atoms with E-state index >= 15 is 0 Å². The molecule has 1 amide bonds. The van der Waals surface area contributed by atoms with E-state index < -0.39 is 5.60 Å². The first-order chi connectivity index (χ1) is 7.89. The van der Waals surface area contributed by atoms with Gasteiger partial charge in [0.25, 0.3) is 5.91 Å². The highest BCUT2D eigenvalue weighted by Crippen LogP contribution is 2.22. The molecule has 1 fully saturated rings. The van der Waals surface area contributed by atoms with Gasteiger partial charge in [0.05, 0.1) is 5.60 Å². The Morgan fingerprint density at radius 2 is 2.24 bits per heavy atom. The molecule has 92 valence electrons. The van der Waals surface area contributed by atoms with Crippen LogP contribution in [0.4, 0.5) is 0 Å². The third-order valence-electron chi connectivity index (χ3n) is 3.06. The Hall–Kier alpha value is -1.62. The number of aliphatic hydroxyl groups is 1. The largest absolute Gasteiger partial charge is 0.388 e. The summed E-state index contributed by atoms with van der Waals surface area (Å²) >= 11 is 0. The van der Waals surface area contributed by atoms with Crippen LogP contribution in [0.15, 0.2) is 12.3 Å². The highest BCUT2D eigenvalue weighted by atomic mass is 16.3. The van der Waals surface area contributed by atoms with Gasteiger partial charge in [0, 0.05) is 24.8 Å². The van der Waals surface area contributed by atoms with Crippen molar-refractivity contribution in [3.8, 4) is 0 Å². The summed E-state index contributed by atoms with van der Waals surface area (Å²) in [5.74, 6) is -0.246. The van der Waals surface area contributed by atoms with Crippen molar-refractivity contribution in [3.05, 3.63) is 23.5 Å². The Morgan fingerprint density at radius 3 is 2.71 bits per heavy atom. The molecule has 0 spiro atoms. The number of aromatic nitrogens is 1. The van der Waals surface area contributed by atoms with Gasteiger partial charge in [0.2, 0.25) is 0 Å². The first-order valence-corrected chi connectivity index (χ1v) is 5.60.